The molecular formula is C13H22N2OS. The molecule has 1 saturated heterocycles. The Kier molecular flexibility index (Phi) is 3.46. The van der Waals surface area contributed by atoms with Crippen molar-refractivity contribution < 1.29 is 4.74 Å². The average Bonchev–Trinajstić information content (AvgIpc) is 2.60. The normalized spacial score (nSPS) is 26.1. The summed E-state index contributed by atoms with van der Waals surface area (Å²) in [6.45, 7) is 10.6. The fourth-order valence-corrected chi connectivity index (χ4v) is 2.83. The summed E-state index contributed by atoms with van der Waals surface area (Å²) in [4.78, 5) is 3.20. The average molecular weight is 254 g/mol. The van der Waals surface area contributed by atoms with E-state index in [1.807, 2.05) is 0 Å². The first kappa shape index (κ1) is 12.8. The number of nitrogens with one attached hydrogen (secondary N) is 1. The van der Waals surface area contributed by atoms with Gasteiger partial charge >= 0.3 is 0 Å². The highest BCUT2D eigenvalue weighted by atomic mass is 32.1. The maximum absolute atomic E-state index is 5.52. The lowest BCUT2D eigenvalue weighted by Crippen LogP contribution is -2.31. The van der Waals surface area contributed by atoms with Crippen molar-refractivity contribution in [2.24, 2.45) is 5.92 Å². The monoisotopic (exact) mass is 254 g/mol. The van der Waals surface area contributed by atoms with Crippen LogP contribution in [0.15, 0.2) is 6.20 Å². The standard InChI is InChI=1S/C13H22N2OS/c1-9-8-16-6-5-10(9)15-11(13(2,3)4)7-14-12(15)17/h7,9-10H,5-6,8H2,1-4H3,(H,14,17). The number of nitrogens with zero attached hydrogens (tertiary/aromatic N) is 1. The van der Waals surface area contributed by atoms with Gasteiger partial charge in [0.2, 0.25) is 0 Å². The first-order chi connectivity index (χ1) is 7.91. The van der Waals surface area contributed by atoms with E-state index in [1.54, 1.807) is 0 Å². The van der Waals surface area contributed by atoms with E-state index in [9.17, 15) is 0 Å². The van der Waals surface area contributed by atoms with Gasteiger partial charge in [0.15, 0.2) is 4.77 Å². The van der Waals surface area contributed by atoms with Crippen LogP contribution in [0.3, 0.4) is 0 Å². The van der Waals surface area contributed by atoms with Crippen LogP contribution in [0.4, 0.5) is 0 Å². The van der Waals surface area contributed by atoms with Crippen molar-refractivity contribution in [3.63, 3.8) is 0 Å². The Labute approximate surface area is 108 Å². The third-order valence-corrected chi connectivity index (χ3v) is 3.82. The van der Waals surface area contributed by atoms with E-state index < -0.39 is 0 Å². The Morgan fingerprint density at radius 3 is 2.76 bits per heavy atom. The van der Waals surface area contributed by atoms with Gasteiger partial charge in [-0.15, -0.1) is 0 Å². The first-order valence-electron chi connectivity index (χ1n) is 6.29. The topological polar surface area (TPSA) is 29.9 Å². The highest BCUT2D eigenvalue weighted by Crippen LogP contribution is 2.32. The van der Waals surface area contributed by atoms with E-state index in [4.69, 9.17) is 17.0 Å². The molecule has 1 aliphatic heterocycles. The van der Waals surface area contributed by atoms with Gasteiger partial charge < -0.3 is 14.3 Å². The first-order valence-corrected chi connectivity index (χ1v) is 6.70. The van der Waals surface area contributed by atoms with Gasteiger partial charge in [-0.25, -0.2) is 0 Å². The maximum Gasteiger partial charge on any atom is 0.177 e. The molecule has 4 heteroatoms. The minimum absolute atomic E-state index is 0.117. The van der Waals surface area contributed by atoms with Crippen molar-refractivity contribution in [1.29, 1.82) is 0 Å². The summed E-state index contributed by atoms with van der Waals surface area (Å²) in [5.74, 6) is 0.521. The minimum Gasteiger partial charge on any atom is -0.381 e. The number of imidazole rings is 1. The van der Waals surface area contributed by atoms with E-state index in [0.29, 0.717) is 12.0 Å². The molecule has 2 heterocycles. The third kappa shape index (κ3) is 2.47. The van der Waals surface area contributed by atoms with Gasteiger partial charge in [-0.1, -0.05) is 27.7 Å². The molecule has 0 aliphatic carbocycles. The smallest absolute Gasteiger partial charge is 0.177 e. The Morgan fingerprint density at radius 1 is 1.47 bits per heavy atom. The van der Waals surface area contributed by atoms with Gasteiger partial charge in [0, 0.05) is 35.9 Å². The number of hydrogen-bond donors (Lipinski definition) is 1. The summed E-state index contributed by atoms with van der Waals surface area (Å²) in [7, 11) is 0. The number of aromatic amines is 1. The van der Waals surface area contributed by atoms with Crippen molar-refractivity contribution in [3.05, 3.63) is 16.7 Å². The highest BCUT2D eigenvalue weighted by molar-refractivity contribution is 7.71. The van der Waals surface area contributed by atoms with E-state index in [2.05, 4.69) is 43.4 Å². The van der Waals surface area contributed by atoms with Gasteiger partial charge in [0.1, 0.15) is 0 Å². The molecule has 0 radical (unpaired) electrons. The fraction of sp³-hybridized carbons (Fsp3) is 0.769. The molecule has 2 atom stereocenters. The van der Waals surface area contributed by atoms with Gasteiger partial charge in [-0.3, -0.25) is 0 Å². The van der Waals surface area contributed by atoms with Gasteiger partial charge in [0.05, 0.1) is 6.61 Å². The largest absolute Gasteiger partial charge is 0.381 e. The molecule has 0 bridgehead atoms. The molecule has 0 saturated carbocycles. The zero-order valence-corrected chi connectivity index (χ0v) is 11.9. The van der Waals surface area contributed by atoms with Crippen LogP contribution in [0.5, 0.6) is 0 Å². The number of hydrogen-bond acceptors (Lipinski definition) is 2. The van der Waals surface area contributed by atoms with Gasteiger partial charge in [-0.05, 0) is 18.6 Å². The van der Waals surface area contributed by atoms with Crippen LogP contribution < -0.4 is 0 Å². The SMILES string of the molecule is CC1COCCC1n1c(C(C)(C)C)c[nH]c1=S. The molecule has 2 unspecified atom stereocenters. The highest BCUT2D eigenvalue weighted by Gasteiger charge is 2.29. The van der Waals surface area contributed by atoms with E-state index in [1.165, 1.54) is 5.69 Å². The number of ether oxygens (including phenoxy) is 1. The minimum atomic E-state index is 0.117. The summed E-state index contributed by atoms with van der Waals surface area (Å²) in [5, 5.41) is 0. The van der Waals surface area contributed by atoms with Crippen molar-refractivity contribution >= 4 is 12.2 Å². The van der Waals surface area contributed by atoms with Crippen LogP contribution in [-0.4, -0.2) is 22.8 Å². The molecule has 1 N–H and O–H groups in total. The quantitative estimate of drug-likeness (QED) is 0.778. The van der Waals surface area contributed by atoms with E-state index in [0.717, 1.165) is 24.4 Å². The van der Waals surface area contributed by atoms with Crippen LogP contribution in [-0.2, 0) is 10.2 Å². The van der Waals surface area contributed by atoms with E-state index in [-0.39, 0.29) is 5.41 Å². The molecule has 1 aromatic heterocycles. The molecule has 1 aromatic rings. The van der Waals surface area contributed by atoms with Crippen LogP contribution >= 0.6 is 12.2 Å². The molecule has 1 aliphatic rings. The summed E-state index contributed by atoms with van der Waals surface area (Å²) in [6.07, 6.45) is 3.11. The Morgan fingerprint density at radius 2 is 2.18 bits per heavy atom. The van der Waals surface area contributed by atoms with Crippen molar-refractivity contribution in [1.82, 2.24) is 9.55 Å². The zero-order valence-electron chi connectivity index (χ0n) is 11.1. The van der Waals surface area contributed by atoms with E-state index >= 15 is 0 Å². The molecule has 17 heavy (non-hydrogen) atoms. The third-order valence-electron chi connectivity index (χ3n) is 3.51. The lowest BCUT2D eigenvalue weighted by molar-refractivity contribution is 0.0268. The second-order valence-corrected chi connectivity index (χ2v) is 6.39. The van der Waals surface area contributed by atoms with Crippen LogP contribution in [0.2, 0.25) is 0 Å². The molecule has 0 amide bonds. The Bertz CT molecular complexity index is 441. The predicted molar refractivity (Wildman–Crippen MR) is 72.0 cm³/mol. The maximum atomic E-state index is 5.52. The lowest BCUT2D eigenvalue weighted by atomic mass is 9.90. The number of rotatable bonds is 1. The summed E-state index contributed by atoms with van der Waals surface area (Å²) < 4.78 is 8.67. The number of aromatic nitrogens is 2. The zero-order chi connectivity index (χ0) is 12.6. The molecular weight excluding hydrogens is 232 g/mol. The Hall–Kier alpha value is -0.610. The molecule has 1 fully saturated rings. The van der Waals surface area contributed by atoms with Gasteiger partial charge in [0.25, 0.3) is 0 Å². The summed E-state index contributed by atoms with van der Waals surface area (Å²) >= 11 is 5.44. The molecule has 0 spiro atoms. The van der Waals surface area contributed by atoms with Crippen LogP contribution in [0.25, 0.3) is 0 Å². The fourth-order valence-electron chi connectivity index (χ4n) is 2.54. The molecule has 3 nitrogen and oxygen atoms in total. The van der Waals surface area contributed by atoms with Crippen molar-refractivity contribution in [3.8, 4) is 0 Å². The second kappa shape index (κ2) is 4.58. The number of H-pyrrole nitrogens is 1. The van der Waals surface area contributed by atoms with Crippen LogP contribution in [0.1, 0.15) is 45.9 Å². The Balaban J connectivity index is 2.43. The van der Waals surface area contributed by atoms with Gasteiger partial charge in [-0.2, -0.15) is 0 Å². The lowest BCUT2D eigenvalue weighted by Gasteiger charge is -2.33. The summed E-state index contributed by atoms with van der Waals surface area (Å²) in [5.41, 5.74) is 1.41. The van der Waals surface area contributed by atoms with Crippen molar-refractivity contribution in [2.75, 3.05) is 13.2 Å². The molecule has 0 aromatic carbocycles. The molecule has 2 rings (SSSR count). The van der Waals surface area contributed by atoms with Crippen LogP contribution in [0, 0.1) is 10.7 Å². The second-order valence-electron chi connectivity index (χ2n) is 6.01. The summed E-state index contributed by atoms with van der Waals surface area (Å²) in [6, 6.07) is 0.469. The predicted octanol–water partition coefficient (Wildman–Crippen LogP) is 3.44. The molecule has 96 valence electrons. The van der Waals surface area contributed by atoms with Crippen molar-refractivity contribution in [2.45, 2.75) is 45.6 Å².